The van der Waals surface area contributed by atoms with Crippen LogP contribution in [-0.4, -0.2) is 27.5 Å². The van der Waals surface area contributed by atoms with E-state index in [1.807, 2.05) is 34.5 Å². The van der Waals surface area contributed by atoms with Crippen LogP contribution < -0.4 is 0 Å². The fourth-order valence-electron chi connectivity index (χ4n) is 3.25. The first-order valence-electron chi connectivity index (χ1n) is 7.79. The number of thiophene rings is 1. The van der Waals surface area contributed by atoms with E-state index in [0.717, 1.165) is 34.7 Å². The Morgan fingerprint density at radius 3 is 2.74 bits per heavy atom. The number of fused-ring (bicyclic) bond motifs is 1. The van der Waals surface area contributed by atoms with Crippen molar-refractivity contribution in [3.05, 3.63) is 64.7 Å². The number of rotatable bonds is 4. The molecule has 1 aromatic carbocycles. The Kier molecular flexibility index (Phi) is 3.50. The number of H-pyrrole nitrogens is 1. The smallest absolute Gasteiger partial charge is 0.275 e. The van der Waals surface area contributed by atoms with Crippen LogP contribution >= 0.6 is 11.3 Å². The van der Waals surface area contributed by atoms with E-state index in [-0.39, 0.29) is 11.9 Å². The minimum atomic E-state index is -0.0606. The fourth-order valence-corrected chi connectivity index (χ4v) is 3.99. The molecule has 0 radical (unpaired) electrons. The number of nitrogens with one attached hydrogen (secondary N) is 1. The van der Waals surface area contributed by atoms with Gasteiger partial charge in [-0.25, -0.2) is 0 Å². The zero-order chi connectivity index (χ0) is 15.8. The summed E-state index contributed by atoms with van der Waals surface area (Å²) in [6.45, 7) is 2.83. The van der Waals surface area contributed by atoms with Crippen LogP contribution in [0.1, 0.15) is 41.0 Å². The summed E-state index contributed by atoms with van der Waals surface area (Å²) in [5.74, 6) is 0.0229. The Morgan fingerprint density at radius 2 is 2.04 bits per heavy atom. The molecule has 3 heterocycles. The molecule has 1 N–H and O–H groups in total. The number of nitrogens with zero attached hydrogens (tertiary/aromatic N) is 2. The van der Waals surface area contributed by atoms with Crippen molar-refractivity contribution in [1.82, 2.24) is 15.1 Å². The first-order valence-corrected chi connectivity index (χ1v) is 8.67. The van der Waals surface area contributed by atoms with Crippen molar-refractivity contribution in [3.63, 3.8) is 0 Å². The molecule has 2 aromatic heterocycles. The third-order valence-corrected chi connectivity index (χ3v) is 5.09. The Hall–Kier alpha value is -2.40. The number of carbonyl (C=O) groups is 1. The van der Waals surface area contributed by atoms with E-state index in [1.54, 1.807) is 11.3 Å². The molecule has 1 atom stereocenters. The number of aromatic amines is 1. The molecular weight excluding hydrogens is 306 g/mol. The van der Waals surface area contributed by atoms with Gasteiger partial charge in [0.1, 0.15) is 0 Å². The molecule has 1 aliphatic heterocycles. The third-order valence-electron chi connectivity index (χ3n) is 4.20. The van der Waals surface area contributed by atoms with E-state index < -0.39 is 0 Å². The lowest BCUT2D eigenvalue weighted by Gasteiger charge is -2.25. The highest BCUT2D eigenvalue weighted by Crippen LogP contribution is 2.43. The Labute approximate surface area is 138 Å². The van der Waals surface area contributed by atoms with Gasteiger partial charge in [0, 0.05) is 12.1 Å². The van der Waals surface area contributed by atoms with Gasteiger partial charge in [-0.05, 0) is 23.4 Å². The van der Waals surface area contributed by atoms with Crippen molar-refractivity contribution in [2.75, 3.05) is 6.54 Å². The van der Waals surface area contributed by atoms with Gasteiger partial charge in [0.25, 0.3) is 5.91 Å². The Morgan fingerprint density at radius 1 is 1.22 bits per heavy atom. The third kappa shape index (κ3) is 2.19. The summed E-state index contributed by atoms with van der Waals surface area (Å²) in [4.78, 5) is 15.9. The van der Waals surface area contributed by atoms with Crippen molar-refractivity contribution in [1.29, 1.82) is 0 Å². The van der Waals surface area contributed by atoms with E-state index in [9.17, 15) is 4.79 Å². The SMILES string of the molecule is CCCN1C(=O)c2n[nH]c(-c3cccs3)c2[C@@H]1c1ccccc1. The molecule has 0 unspecified atom stereocenters. The highest BCUT2D eigenvalue weighted by Gasteiger charge is 2.41. The van der Waals surface area contributed by atoms with Crippen molar-refractivity contribution in [3.8, 4) is 10.6 Å². The van der Waals surface area contributed by atoms with Gasteiger partial charge in [0.2, 0.25) is 0 Å². The zero-order valence-corrected chi connectivity index (χ0v) is 13.6. The largest absolute Gasteiger partial charge is 0.326 e. The minimum Gasteiger partial charge on any atom is -0.326 e. The topological polar surface area (TPSA) is 49.0 Å². The predicted molar refractivity (Wildman–Crippen MR) is 91.5 cm³/mol. The molecule has 0 fully saturated rings. The molecule has 4 nitrogen and oxygen atoms in total. The van der Waals surface area contributed by atoms with Crippen LogP contribution in [-0.2, 0) is 0 Å². The molecule has 0 spiro atoms. The highest BCUT2D eigenvalue weighted by atomic mass is 32.1. The maximum atomic E-state index is 12.8. The van der Waals surface area contributed by atoms with E-state index in [4.69, 9.17) is 0 Å². The van der Waals surface area contributed by atoms with Gasteiger partial charge in [-0.2, -0.15) is 5.10 Å². The lowest BCUT2D eigenvalue weighted by Crippen LogP contribution is -2.30. The van der Waals surface area contributed by atoms with Crippen LogP contribution in [0.2, 0.25) is 0 Å². The Bertz CT molecular complexity index is 823. The van der Waals surface area contributed by atoms with Crippen LogP contribution in [0.4, 0.5) is 0 Å². The summed E-state index contributed by atoms with van der Waals surface area (Å²) in [6.07, 6.45) is 0.928. The molecule has 3 aromatic rings. The second-order valence-corrected chi connectivity index (χ2v) is 6.60. The molecule has 4 rings (SSSR count). The molecule has 23 heavy (non-hydrogen) atoms. The van der Waals surface area contributed by atoms with Crippen molar-refractivity contribution < 1.29 is 4.79 Å². The standard InChI is InChI=1S/C18H17N3OS/c1-2-10-21-17(12-7-4-3-5-8-12)14-15(13-9-6-11-23-13)19-20-16(14)18(21)22/h3-9,11,17H,2,10H2,1H3,(H,19,20)/t17-/m0/s1. The predicted octanol–water partition coefficient (Wildman–Crippen LogP) is 4.09. The average molecular weight is 323 g/mol. The number of hydrogen-bond donors (Lipinski definition) is 1. The summed E-state index contributed by atoms with van der Waals surface area (Å²) < 4.78 is 0. The summed E-state index contributed by atoms with van der Waals surface area (Å²) in [5.41, 5.74) is 3.68. The number of amides is 1. The monoisotopic (exact) mass is 323 g/mol. The summed E-state index contributed by atoms with van der Waals surface area (Å²) in [6, 6.07) is 14.2. The number of carbonyl (C=O) groups excluding carboxylic acids is 1. The van der Waals surface area contributed by atoms with Gasteiger partial charge in [-0.1, -0.05) is 43.3 Å². The molecule has 0 bridgehead atoms. The molecule has 0 saturated heterocycles. The first-order chi connectivity index (χ1) is 11.3. The van der Waals surface area contributed by atoms with Gasteiger partial charge >= 0.3 is 0 Å². The summed E-state index contributed by atoms with van der Waals surface area (Å²) in [5, 5.41) is 9.46. The van der Waals surface area contributed by atoms with Gasteiger partial charge < -0.3 is 4.90 Å². The highest BCUT2D eigenvalue weighted by molar-refractivity contribution is 7.13. The maximum Gasteiger partial charge on any atom is 0.275 e. The first kappa shape index (κ1) is 14.2. The van der Waals surface area contributed by atoms with E-state index >= 15 is 0 Å². The second-order valence-electron chi connectivity index (χ2n) is 5.65. The summed E-state index contributed by atoms with van der Waals surface area (Å²) in [7, 11) is 0. The molecule has 116 valence electrons. The van der Waals surface area contributed by atoms with Gasteiger partial charge in [0.15, 0.2) is 5.69 Å². The molecular formula is C18H17N3OS. The average Bonchev–Trinajstić information content (AvgIpc) is 3.28. The molecule has 0 saturated carbocycles. The van der Waals surface area contributed by atoms with Crippen LogP contribution in [0, 0.1) is 0 Å². The molecule has 5 heteroatoms. The van der Waals surface area contributed by atoms with Crippen LogP contribution in [0.5, 0.6) is 0 Å². The van der Waals surface area contributed by atoms with Crippen LogP contribution in [0.25, 0.3) is 10.6 Å². The number of hydrogen-bond acceptors (Lipinski definition) is 3. The quantitative estimate of drug-likeness (QED) is 0.786. The van der Waals surface area contributed by atoms with Crippen LogP contribution in [0.3, 0.4) is 0 Å². The van der Waals surface area contributed by atoms with Crippen molar-refractivity contribution in [2.45, 2.75) is 19.4 Å². The number of aromatic nitrogens is 2. The Balaban J connectivity index is 1.90. The zero-order valence-electron chi connectivity index (χ0n) is 12.8. The second kappa shape index (κ2) is 5.66. The van der Waals surface area contributed by atoms with Gasteiger partial charge in [-0.15, -0.1) is 11.3 Å². The van der Waals surface area contributed by atoms with E-state index in [1.165, 1.54) is 0 Å². The lowest BCUT2D eigenvalue weighted by molar-refractivity contribution is 0.0744. The molecule has 1 aliphatic rings. The van der Waals surface area contributed by atoms with Crippen molar-refractivity contribution >= 4 is 17.2 Å². The maximum absolute atomic E-state index is 12.8. The minimum absolute atomic E-state index is 0.0229. The lowest BCUT2D eigenvalue weighted by atomic mass is 9.98. The molecule has 0 aliphatic carbocycles. The van der Waals surface area contributed by atoms with Gasteiger partial charge in [-0.3, -0.25) is 9.89 Å². The summed E-state index contributed by atoms with van der Waals surface area (Å²) >= 11 is 1.66. The van der Waals surface area contributed by atoms with Gasteiger partial charge in [0.05, 0.1) is 16.6 Å². The van der Waals surface area contributed by atoms with E-state index in [2.05, 4.69) is 35.3 Å². The molecule has 1 amide bonds. The normalized spacial score (nSPS) is 16.8. The number of benzene rings is 1. The van der Waals surface area contributed by atoms with E-state index in [0.29, 0.717) is 5.69 Å². The fraction of sp³-hybridized carbons (Fsp3) is 0.222. The van der Waals surface area contributed by atoms with Crippen molar-refractivity contribution in [2.24, 2.45) is 0 Å². The van der Waals surface area contributed by atoms with Crippen LogP contribution in [0.15, 0.2) is 47.8 Å².